The van der Waals surface area contributed by atoms with Crippen LogP contribution in [0.25, 0.3) is 0 Å². The van der Waals surface area contributed by atoms with Crippen LogP contribution in [0.5, 0.6) is 0 Å². The Morgan fingerprint density at radius 2 is 2.16 bits per heavy atom. The van der Waals surface area contributed by atoms with Gasteiger partial charge < -0.3 is 10.4 Å². The standard InChI is InChI=1S/C14H22N4O/c1-10-4-6-14(19,7-5-10)9-16-13-12(8-15)11(2)17-18(13)3/h10,16,19H,4-7,9H2,1-3H3. The van der Waals surface area contributed by atoms with Crippen LogP contribution < -0.4 is 5.32 Å². The van der Waals surface area contributed by atoms with Gasteiger partial charge in [-0.05, 0) is 38.5 Å². The van der Waals surface area contributed by atoms with E-state index in [9.17, 15) is 5.11 Å². The summed E-state index contributed by atoms with van der Waals surface area (Å²) in [4.78, 5) is 0. The minimum absolute atomic E-state index is 0.480. The minimum atomic E-state index is -0.655. The fraction of sp³-hybridized carbons (Fsp3) is 0.714. The second kappa shape index (κ2) is 5.22. The zero-order chi connectivity index (χ0) is 14.0. The Balaban J connectivity index is 2.05. The normalized spacial score (nSPS) is 27.0. The Morgan fingerprint density at radius 3 is 2.74 bits per heavy atom. The number of aromatic nitrogens is 2. The highest BCUT2D eigenvalue weighted by molar-refractivity contribution is 5.55. The molecule has 5 nitrogen and oxygen atoms in total. The molecule has 1 fully saturated rings. The van der Waals surface area contributed by atoms with Crippen molar-refractivity contribution in [3.05, 3.63) is 11.3 Å². The molecule has 1 aliphatic rings. The predicted octanol–water partition coefficient (Wildman–Crippen LogP) is 1.95. The van der Waals surface area contributed by atoms with Gasteiger partial charge in [0.1, 0.15) is 17.5 Å². The average Bonchev–Trinajstić information content (AvgIpc) is 2.65. The summed E-state index contributed by atoms with van der Waals surface area (Å²) in [5.74, 6) is 1.40. The minimum Gasteiger partial charge on any atom is -0.388 e. The molecule has 0 unspecified atom stereocenters. The van der Waals surface area contributed by atoms with E-state index in [1.165, 1.54) is 0 Å². The second-order valence-electron chi connectivity index (χ2n) is 5.80. The monoisotopic (exact) mass is 262 g/mol. The molecule has 2 N–H and O–H groups in total. The number of hydrogen-bond acceptors (Lipinski definition) is 4. The van der Waals surface area contributed by atoms with Gasteiger partial charge in [0.15, 0.2) is 0 Å². The lowest BCUT2D eigenvalue weighted by Gasteiger charge is -2.35. The smallest absolute Gasteiger partial charge is 0.142 e. The third-order valence-corrected chi connectivity index (χ3v) is 4.12. The molecule has 0 spiro atoms. The van der Waals surface area contributed by atoms with Crippen LogP contribution in [0, 0.1) is 24.2 Å². The van der Waals surface area contributed by atoms with Gasteiger partial charge in [0.25, 0.3) is 0 Å². The van der Waals surface area contributed by atoms with Crippen LogP contribution in [0.4, 0.5) is 5.82 Å². The zero-order valence-corrected chi connectivity index (χ0v) is 11.9. The number of nitriles is 1. The maximum atomic E-state index is 10.5. The van der Waals surface area contributed by atoms with Gasteiger partial charge in [0.05, 0.1) is 11.3 Å². The Labute approximate surface area is 114 Å². The van der Waals surface area contributed by atoms with E-state index in [0.29, 0.717) is 23.8 Å². The van der Waals surface area contributed by atoms with Crippen molar-refractivity contribution >= 4 is 5.82 Å². The largest absolute Gasteiger partial charge is 0.388 e. The highest BCUT2D eigenvalue weighted by atomic mass is 16.3. The quantitative estimate of drug-likeness (QED) is 0.873. The van der Waals surface area contributed by atoms with Crippen LogP contribution in [0.2, 0.25) is 0 Å². The van der Waals surface area contributed by atoms with E-state index in [1.807, 2.05) is 14.0 Å². The van der Waals surface area contributed by atoms with Crippen molar-refractivity contribution in [1.82, 2.24) is 9.78 Å². The molecule has 0 amide bonds. The van der Waals surface area contributed by atoms with Gasteiger partial charge in [-0.15, -0.1) is 0 Å². The number of aliphatic hydroxyl groups is 1. The number of hydrogen-bond donors (Lipinski definition) is 2. The molecule has 0 bridgehead atoms. The summed E-state index contributed by atoms with van der Waals surface area (Å²) in [5.41, 5.74) is 0.629. The van der Waals surface area contributed by atoms with Crippen LogP contribution >= 0.6 is 0 Å². The Morgan fingerprint density at radius 1 is 1.53 bits per heavy atom. The summed E-state index contributed by atoms with van der Waals surface area (Å²) in [6.07, 6.45) is 3.77. The van der Waals surface area contributed by atoms with Gasteiger partial charge >= 0.3 is 0 Å². The highest BCUT2D eigenvalue weighted by Gasteiger charge is 2.32. The molecule has 0 atom stereocenters. The third-order valence-electron chi connectivity index (χ3n) is 4.12. The maximum absolute atomic E-state index is 10.5. The van der Waals surface area contributed by atoms with Gasteiger partial charge in [0, 0.05) is 13.6 Å². The van der Waals surface area contributed by atoms with Crippen molar-refractivity contribution in [1.29, 1.82) is 5.26 Å². The molecule has 1 saturated carbocycles. The molecule has 19 heavy (non-hydrogen) atoms. The molecule has 104 valence electrons. The third kappa shape index (κ3) is 2.90. The highest BCUT2D eigenvalue weighted by Crippen LogP contribution is 2.32. The van der Waals surface area contributed by atoms with E-state index < -0.39 is 5.60 Å². The molecule has 1 heterocycles. The molecule has 1 aromatic rings. The summed E-state index contributed by atoms with van der Waals surface area (Å²) in [6, 6.07) is 2.16. The zero-order valence-electron chi connectivity index (χ0n) is 11.9. The summed E-state index contributed by atoms with van der Waals surface area (Å²) < 4.78 is 1.67. The van der Waals surface area contributed by atoms with Crippen molar-refractivity contribution in [2.45, 2.75) is 45.1 Å². The molecule has 1 aromatic heterocycles. The summed E-state index contributed by atoms with van der Waals surface area (Å²) >= 11 is 0. The Bertz CT molecular complexity index is 492. The summed E-state index contributed by atoms with van der Waals surface area (Å²) in [6.45, 7) is 4.53. The van der Waals surface area contributed by atoms with Crippen molar-refractivity contribution in [2.75, 3.05) is 11.9 Å². The Kier molecular flexibility index (Phi) is 3.81. The fourth-order valence-corrected chi connectivity index (χ4v) is 2.72. The van der Waals surface area contributed by atoms with Gasteiger partial charge in [-0.3, -0.25) is 4.68 Å². The second-order valence-corrected chi connectivity index (χ2v) is 5.80. The van der Waals surface area contributed by atoms with E-state index >= 15 is 0 Å². The van der Waals surface area contributed by atoms with Crippen molar-refractivity contribution in [3.63, 3.8) is 0 Å². The van der Waals surface area contributed by atoms with Crippen molar-refractivity contribution in [2.24, 2.45) is 13.0 Å². The van der Waals surface area contributed by atoms with Crippen molar-refractivity contribution in [3.8, 4) is 6.07 Å². The molecule has 0 aliphatic heterocycles. The lowest BCUT2D eigenvalue weighted by atomic mass is 9.79. The molecular formula is C14H22N4O. The van der Waals surface area contributed by atoms with Gasteiger partial charge in [-0.1, -0.05) is 6.92 Å². The van der Waals surface area contributed by atoms with Crippen LogP contribution in [0.1, 0.15) is 43.9 Å². The topological polar surface area (TPSA) is 73.9 Å². The molecule has 1 aliphatic carbocycles. The van der Waals surface area contributed by atoms with E-state index in [2.05, 4.69) is 23.4 Å². The predicted molar refractivity (Wildman–Crippen MR) is 73.7 cm³/mol. The number of anilines is 1. The van der Waals surface area contributed by atoms with Gasteiger partial charge in [-0.2, -0.15) is 10.4 Å². The lowest BCUT2D eigenvalue weighted by Crippen LogP contribution is -2.40. The summed E-state index contributed by atoms with van der Waals surface area (Å²) in [5, 5.41) is 27.1. The van der Waals surface area contributed by atoms with Crippen LogP contribution in [-0.4, -0.2) is 27.0 Å². The lowest BCUT2D eigenvalue weighted by molar-refractivity contribution is 0.00489. The number of nitrogens with zero attached hydrogens (tertiary/aromatic N) is 3. The molecule has 0 aromatic carbocycles. The van der Waals surface area contributed by atoms with Crippen LogP contribution in [0.15, 0.2) is 0 Å². The molecular weight excluding hydrogens is 240 g/mol. The maximum Gasteiger partial charge on any atom is 0.142 e. The first-order valence-corrected chi connectivity index (χ1v) is 6.85. The van der Waals surface area contributed by atoms with Crippen molar-refractivity contribution < 1.29 is 5.11 Å². The Hall–Kier alpha value is -1.54. The van der Waals surface area contributed by atoms with E-state index in [1.54, 1.807) is 4.68 Å². The number of nitrogens with one attached hydrogen (secondary N) is 1. The van der Waals surface area contributed by atoms with Gasteiger partial charge in [0.2, 0.25) is 0 Å². The molecule has 0 radical (unpaired) electrons. The molecule has 5 heteroatoms. The van der Waals surface area contributed by atoms with Crippen LogP contribution in [-0.2, 0) is 7.05 Å². The summed E-state index contributed by atoms with van der Waals surface area (Å²) in [7, 11) is 1.81. The first-order valence-electron chi connectivity index (χ1n) is 6.85. The molecule has 0 saturated heterocycles. The number of aryl methyl sites for hydroxylation is 2. The number of rotatable bonds is 3. The molecule has 2 rings (SSSR count). The van der Waals surface area contributed by atoms with Gasteiger partial charge in [-0.25, -0.2) is 0 Å². The van der Waals surface area contributed by atoms with Crippen LogP contribution in [0.3, 0.4) is 0 Å². The average molecular weight is 262 g/mol. The first kappa shape index (κ1) is 13.9. The SMILES string of the molecule is Cc1nn(C)c(NCC2(O)CCC(C)CC2)c1C#N. The first-order chi connectivity index (χ1) is 8.95. The van der Waals surface area contributed by atoms with E-state index in [-0.39, 0.29) is 0 Å². The van der Waals surface area contributed by atoms with E-state index in [0.717, 1.165) is 31.4 Å². The fourth-order valence-electron chi connectivity index (χ4n) is 2.72. The van der Waals surface area contributed by atoms with E-state index in [4.69, 9.17) is 5.26 Å².